The number of hydrogen-bond donors (Lipinski definition) is 2. The molecule has 0 saturated heterocycles. The number of pyridine rings is 1. The van der Waals surface area contributed by atoms with Gasteiger partial charge in [0, 0.05) is 35.6 Å². The minimum atomic E-state index is -0.483. The van der Waals surface area contributed by atoms with Gasteiger partial charge in [-0.3, -0.25) is 9.79 Å². The molecule has 1 amide bonds. The van der Waals surface area contributed by atoms with E-state index in [1.165, 1.54) is 22.2 Å². The second-order valence-corrected chi connectivity index (χ2v) is 11.2. The minimum Gasteiger partial charge on any atom is -0.388 e. The fourth-order valence-electron chi connectivity index (χ4n) is 5.77. The maximum atomic E-state index is 16.6. The largest absolute Gasteiger partial charge is 0.388 e. The zero-order chi connectivity index (χ0) is 29.8. The van der Waals surface area contributed by atoms with Gasteiger partial charge in [-0.25, -0.2) is 13.3 Å². The monoisotopic (exact) mass is 565 g/mol. The molecule has 1 fully saturated rings. The molecule has 1 aliphatic carbocycles. The van der Waals surface area contributed by atoms with E-state index >= 15 is 4.39 Å². The molecule has 6 rings (SSSR count). The minimum absolute atomic E-state index is 0.181. The van der Waals surface area contributed by atoms with E-state index in [2.05, 4.69) is 33.4 Å². The molecule has 2 aromatic heterocycles. The molecule has 6 nitrogen and oxygen atoms in total. The summed E-state index contributed by atoms with van der Waals surface area (Å²) in [5.41, 5.74) is 7.30. The molecule has 4 aromatic rings. The lowest BCUT2D eigenvalue weighted by Crippen LogP contribution is -2.42. The fourth-order valence-corrected chi connectivity index (χ4v) is 5.77. The van der Waals surface area contributed by atoms with Crippen LogP contribution in [-0.4, -0.2) is 40.4 Å². The summed E-state index contributed by atoms with van der Waals surface area (Å²) in [6.07, 6.45) is 6.13. The highest BCUT2D eigenvalue weighted by molar-refractivity contribution is 6.10. The summed E-state index contributed by atoms with van der Waals surface area (Å²) in [7, 11) is 1.71. The highest BCUT2D eigenvalue weighted by Crippen LogP contribution is 2.40. The van der Waals surface area contributed by atoms with Crippen molar-refractivity contribution in [2.45, 2.75) is 45.6 Å². The number of fused-ring (bicyclic) bond motifs is 1. The van der Waals surface area contributed by atoms with E-state index in [4.69, 9.17) is 0 Å². The third-order valence-corrected chi connectivity index (χ3v) is 8.30. The molecule has 2 N–H and O–H groups in total. The Bertz CT molecular complexity index is 1830. The Morgan fingerprint density at radius 3 is 2.45 bits per heavy atom. The van der Waals surface area contributed by atoms with Gasteiger partial charge in [-0.15, -0.1) is 0 Å². The van der Waals surface area contributed by atoms with Gasteiger partial charge in [-0.1, -0.05) is 25.1 Å². The zero-order valence-corrected chi connectivity index (χ0v) is 24.2. The summed E-state index contributed by atoms with van der Waals surface area (Å²) in [4.78, 5) is 18.4. The van der Waals surface area contributed by atoms with Crippen molar-refractivity contribution in [2.24, 2.45) is 4.99 Å². The van der Waals surface area contributed by atoms with E-state index in [1.807, 2.05) is 26.8 Å². The Balaban J connectivity index is 1.46. The van der Waals surface area contributed by atoms with Crippen LogP contribution in [-0.2, 0) is 6.42 Å². The van der Waals surface area contributed by atoms with E-state index in [0.29, 0.717) is 52.2 Å². The molecule has 3 heterocycles. The van der Waals surface area contributed by atoms with Crippen molar-refractivity contribution < 1.29 is 13.6 Å². The predicted octanol–water partition coefficient (Wildman–Crippen LogP) is 6.67. The lowest BCUT2D eigenvalue weighted by molar-refractivity contribution is 0.0942. The summed E-state index contributed by atoms with van der Waals surface area (Å²) in [6.45, 7) is 10.7. The number of aliphatic imine (C=N–C) groups is 1. The van der Waals surface area contributed by atoms with E-state index in [1.54, 1.807) is 37.5 Å². The van der Waals surface area contributed by atoms with Crippen LogP contribution >= 0.6 is 0 Å². The average Bonchev–Trinajstić information content (AvgIpc) is 3.43. The van der Waals surface area contributed by atoms with Gasteiger partial charge in [0.05, 0.1) is 23.4 Å². The Morgan fingerprint density at radius 2 is 1.83 bits per heavy atom. The van der Waals surface area contributed by atoms with Gasteiger partial charge in [-0.2, -0.15) is 5.10 Å². The van der Waals surface area contributed by atoms with Crippen LogP contribution in [0.1, 0.15) is 53.7 Å². The van der Waals surface area contributed by atoms with Gasteiger partial charge in [0.2, 0.25) is 0 Å². The first-order valence-corrected chi connectivity index (χ1v) is 14.2. The van der Waals surface area contributed by atoms with E-state index in [0.717, 1.165) is 29.7 Å². The van der Waals surface area contributed by atoms with Crippen LogP contribution in [0.2, 0.25) is 0 Å². The zero-order valence-electron chi connectivity index (χ0n) is 24.2. The van der Waals surface area contributed by atoms with Crippen molar-refractivity contribution in [3.63, 3.8) is 0 Å². The molecule has 0 radical (unpaired) electrons. The lowest BCUT2D eigenvalue weighted by atomic mass is 9.92. The van der Waals surface area contributed by atoms with Gasteiger partial charge < -0.3 is 10.6 Å². The topological polar surface area (TPSA) is 70.8 Å². The molecule has 2 aromatic carbocycles. The smallest absolute Gasteiger partial charge is 0.252 e. The molecule has 0 unspecified atom stereocenters. The number of aromatic nitrogens is 2. The number of nitrogens with one attached hydrogen (secondary N) is 2. The van der Waals surface area contributed by atoms with Crippen LogP contribution in [0.5, 0.6) is 0 Å². The molecule has 1 saturated carbocycles. The number of carbonyl (C=O) groups excluding carboxylic acids is 1. The van der Waals surface area contributed by atoms with Crippen LogP contribution in [0.25, 0.3) is 33.6 Å². The SMILES string of the molecule is C=C(NC)c1c(-c2ccc(F)cc2)nn2ccc(-c3cc(C(=O)NC4(C5=NCC(C)=C5)CC4)c(CC)cc3C)c(F)c12. The van der Waals surface area contributed by atoms with Gasteiger partial charge >= 0.3 is 0 Å². The summed E-state index contributed by atoms with van der Waals surface area (Å²) in [6, 6.07) is 11.4. The number of rotatable bonds is 8. The van der Waals surface area contributed by atoms with Gasteiger partial charge in [0.15, 0.2) is 5.82 Å². The normalized spacial score (nSPS) is 15.4. The second-order valence-electron chi connectivity index (χ2n) is 11.2. The number of aryl methyl sites for hydroxylation is 2. The summed E-state index contributed by atoms with van der Waals surface area (Å²) >= 11 is 0. The predicted molar refractivity (Wildman–Crippen MR) is 164 cm³/mol. The maximum Gasteiger partial charge on any atom is 0.252 e. The van der Waals surface area contributed by atoms with Crippen LogP contribution in [0.4, 0.5) is 8.78 Å². The lowest BCUT2D eigenvalue weighted by Gasteiger charge is -2.20. The number of benzene rings is 2. The quantitative estimate of drug-likeness (QED) is 0.251. The maximum absolute atomic E-state index is 16.6. The molecular weight excluding hydrogens is 532 g/mol. The molecule has 2 aliphatic rings. The highest BCUT2D eigenvalue weighted by atomic mass is 19.1. The van der Waals surface area contributed by atoms with E-state index in [-0.39, 0.29) is 17.2 Å². The van der Waals surface area contributed by atoms with E-state index < -0.39 is 11.4 Å². The Hall–Kier alpha value is -4.59. The van der Waals surface area contributed by atoms with Crippen molar-refractivity contribution >= 4 is 22.8 Å². The summed E-state index contributed by atoms with van der Waals surface area (Å²) in [5.74, 6) is -1.03. The number of carbonyl (C=O) groups is 1. The standard InChI is InChI=1S/C34H33F2N5O/c1-6-22-16-20(3)26(17-27(22)33(42)39-34(12-13-34)28-15-19(2)18-38-28)25-11-14-41-32(30(25)36)29(21(4)37-5)31(40-41)23-7-9-24(35)10-8-23/h7-11,14-17,37H,4,6,12-13,18H2,1-3,5H3,(H,39,42). The Morgan fingerprint density at radius 1 is 1.10 bits per heavy atom. The molecule has 0 atom stereocenters. The molecular formula is C34H33F2N5O. The molecule has 214 valence electrons. The van der Waals surface area contributed by atoms with Gasteiger partial charge in [0.1, 0.15) is 17.0 Å². The van der Waals surface area contributed by atoms with Crippen molar-refractivity contribution in [1.29, 1.82) is 0 Å². The molecule has 0 spiro atoms. The third-order valence-electron chi connectivity index (χ3n) is 8.30. The number of nitrogens with zero attached hydrogens (tertiary/aromatic N) is 3. The van der Waals surface area contributed by atoms with Crippen molar-refractivity contribution in [3.05, 3.63) is 101 Å². The van der Waals surface area contributed by atoms with Crippen molar-refractivity contribution in [1.82, 2.24) is 20.2 Å². The summed E-state index contributed by atoms with van der Waals surface area (Å²) in [5, 5.41) is 10.9. The number of amides is 1. The van der Waals surface area contributed by atoms with Crippen LogP contribution in [0, 0.1) is 18.6 Å². The number of halogens is 2. The van der Waals surface area contributed by atoms with Gasteiger partial charge in [0.25, 0.3) is 5.91 Å². The van der Waals surface area contributed by atoms with Crippen molar-refractivity contribution in [2.75, 3.05) is 13.6 Å². The first-order valence-electron chi connectivity index (χ1n) is 14.2. The van der Waals surface area contributed by atoms with E-state index in [9.17, 15) is 9.18 Å². The Kier molecular flexibility index (Phi) is 6.80. The molecule has 1 aliphatic heterocycles. The first kappa shape index (κ1) is 27.6. The first-order chi connectivity index (χ1) is 20.2. The average molecular weight is 566 g/mol. The van der Waals surface area contributed by atoms with Crippen LogP contribution in [0.15, 0.2) is 71.9 Å². The fraction of sp³-hybridized carbons (Fsp3) is 0.265. The van der Waals surface area contributed by atoms with Crippen LogP contribution < -0.4 is 10.6 Å². The van der Waals surface area contributed by atoms with Gasteiger partial charge in [-0.05, 0) is 92.3 Å². The van der Waals surface area contributed by atoms with Crippen LogP contribution in [0.3, 0.4) is 0 Å². The Labute approximate surface area is 243 Å². The summed E-state index contributed by atoms with van der Waals surface area (Å²) < 4.78 is 31.7. The third kappa shape index (κ3) is 4.61. The molecule has 8 heteroatoms. The highest BCUT2D eigenvalue weighted by Gasteiger charge is 2.48. The van der Waals surface area contributed by atoms with Crippen molar-refractivity contribution in [3.8, 4) is 22.4 Å². The number of hydrogen-bond acceptors (Lipinski definition) is 4. The second kappa shape index (κ2) is 10.4. The molecule has 0 bridgehead atoms. The molecule has 42 heavy (non-hydrogen) atoms.